The summed E-state index contributed by atoms with van der Waals surface area (Å²) in [5.41, 5.74) is 2.47. The molecule has 0 saturated carbocycles. The number of aromatic nitrogens is 2. The minimum absolute atomic E-state index is 0.193. The van der Waals surface area contributed by atoms with Gasteiger partial charge in [-0.3, -0.25) is 9.48 Å². The number of rotatable bonds is 8. The number of nitrogens with zero attached hydrogens (tertiary/aromatic N) is 2. The molecule has 126 valence electrons. The molecule has 0 unspecified atom stereocenters. The first kappa shape index (κ1) is 18.4. The van der Waals surface area contributed by atoms with E-state index in [0.717, 1.165) is 17.0 Å². The first-order valence-electron chi connectivity index (χ1n) is 6.67. The van der Waals surface area contributed by atoms with Crippen molar-refractivity contribution < 1.29 is 27.4 Å². The highest BCUT2D eigenvalue weighted by atomic mass is 19.4. The van der Waals surface area contributed by atoms with E-state index in [-0.39, 0.29) is 6.54 Å². The molecular weight excluding hydrogens is 303 g/mol. The summed E-state index contributed by atoms with van der Waals surface area (Å²) in [6.45, 7) is 2.89. The number of hydrogen-bond donors (Lipinski definition) is 1. The Hall–Kier alpha value is -1.61. The van der Waals surface area contributed by atoms with Gasteiger partial charge in [0.1, 0.15) is 13.2 Å². The molecule has 1 N–H and O–H groups in total. The van der Waals surface area contributed by atoms with E-state index in [1.807, 2.05) is 6.92 Å². The molecule has 1 aromatic heterocycles. The van der Waals surface area contributed by atoms with Crippen LogP contribution in [0.1, 0.15) is 17.0 Å². The fraction of sp³-hybridized carbons (Fsp3) is 0.692. The van der Waals surface area contributed by atoms with Crippen molar-refractivity contribution in [3.05, 3.63) is 17.0 Å². The first-order valence-corrected chi connectivity index (χ1v) is 6.67. The monoisotopic (exact) mass is 323 g/mol. The Bertz CT molecular complexity index is 501. The van der Waals surface area contributed by atoms with E-state index < -0.39 is 25.3 Å². The van der Waals surface area contributed by atoms with E-state index in [1.54, 1.807) is 18.7 Å². The number of hydrogen-bond acceptors (Lipinski definition) is 4. The number of halogens is 3. The van der Waals surface area contributed by atoms with E-state index in [1.165, 1.54) is 0 Å². The maximum atomic E-state index is 11.9. The number of aryl methyl sites for hydroxylation is 1. The van der Waals surface area contributed by atoms with Crippen LogP contribution in [-0.2, 0) is 27.4 Å². The van der Waals surface area contributed by atoms with Gasteiger partial charge in [-0.05, 0) is 13.8 Å². The maximum absolute atomic E-state index is 11.9. The second-order valence-corrected chi connectivity index (χ2v) is 4.75. The summed E-state index contributed by atoms with van der Waals surface area (Å²) < 4.78 is 46.7. The molecule has 0 spiro atoms. The van der Waals surface area contributed by atoms with E-state index in [9.17, 15) is 18.0 Å². The molecule has 1 amide bonds. The predicted octanol–water partition coefficient (Wildman–Crippen LogP) is 1.34. The van der Waals surface area contributed by atoms with Crippen LogP contribution in [0.2, 0.25) is 0 Å². The third-order valence-electron chi connectivity index (χ3n) is 3.00. The molecule has 0 saturated heterocycles. The standard InChI is InChI=1S/C13H20F3N3O3/c1-9-11(10(2)19(18-9)4-5-21-3)6-17-12(20)7-22-8-13(14,15)16/h4-8H2,1-3H3,(H,17,20). The van der Waals surface area contributed by atoms with E-state index in [0.29, 0.717) is 13.2 Å². The average Bonchev–Trinajstić information content (AvgIpc) is 2.67. The van der Waals surface area contributed by atoms with Gasteiger partial charge in [0.15, 0.2) is 0 Å². The average molecular weight is 323 g/mol. The van der Waals surface area contributed by atoms with Crippen molar-refractivity contribution in [2.45, 2.75) is 33.1 Å². The first-order chi connectivity index (χ1) is 10.2. The van der Waals surface area contributed by atoms with Crippen LogP contribution in [0.25, 0.3) is 0 Å². The number of nitrogens with one attached hydrogen (secondary N) is 1. The van der Waals surface area contributed by atoms with Crippen molar-refractivity contribution in [3.63, 3.8) is 0 Å². The number of methoxy groups -OCH3 is 1. The lowest BCUT2D eigenvalue weighted by Gasteiger charge is -2.09. The Labute approximate surface area is 126 Å². The van der Waals surface area contributed by atoms with E-state index in [4.69, 9.17) is 4.74 Å². The maximum Gasteiger partial charge on any atom is 0.411 e. The normalized spacial score (nSPS) is 11.7. The molecular formula is C13H20F3N3O3. The predicted molar refractivity (Wildman–Crippen MR) is 72.3 cm³/mol. The van der Waals surface area contributed by atoms with E-state index in [2.05, 4.69) is 15.2 Å². The summed E-state index contributed by atoms with van der Waals surface area (Å²) >= 11 is 0. The number of carbonyl (C=O) groups excluding carboxylic acids is 1. The van der Waals surface area contributed by atoms with Crippen LogP contribution in [0.15, 0.2) is 0 Å². The Morgan fingerprint density at radius 3 is 2.64 bits per heavy atom. The molecule has 9 heteroatoms. The molecule has 0 fully saturated rings. The molecule has 0 aliphatic rings. The molecule has 6 nitrogen and oxygen atoms in total. The van der Waals surface area contributed by atoms with E-state index >= 15 is 0 Å². The van der Waals surface area contributed by atoms with Crippen molar-refractivity contribution in [3.8, 4) is 0 Å². The summed E-state index contributed by atoms with van der Waals surface area (Å²) in [4.78, 5) is 11.5. The second kappa shape index (κ2) is 8.14. The minimum Gasteiger partial charge on any atom is -0.383 e. The van der Waals surface area contributed by atoms with Gasteiger partial charge >= 0.3 is 6.18 Å². The van der Waals surface area contributed by atoms with Crippen molar-refractivity contribution >= 4 is 5.91 Å². The fourth-order valence-electron chi connectivity index (χ4n) is 1.88. The topological polar surface area (TPSA) is 65.4 Å². The molecule has 1 heterocycles. The molecule has 0 radical (unpaired) electrons. The van der Waals surface area contributed by atoms with Crippen LogP contribution in [-0.4, -0.2) is 48.8 Å². The molecule has 0 bridgehead atoms. The van der Waals surface area contributed by atoms with Crippen molar-refractivity contribution in [2.24, 2.45) is 0 Å². The van der Waals surface area contributed by atoms with Gasteiger partial charge in [0.05, 0.1) is 18.8 Å². The lowest BCUT2D eigenvalue weighted by atomic mass is 10.2. The lowest BCUT2D eigenvalue weighted by Crippen LogP contribution is -2.29. The third kappa shape index (κ3) is 6.02. The minimum atomic E-state index is -4.43. The molecule has 1 rings (SSSR count). The van der Waals surface area contributed by atoms with Crippen LogP contribution in [0.3, 0.4) is 0 Å². The van der Waals surface area contributed by atoms with Gasteiger partial charge in [0.25, 0.3) is 0 Å². The molecule has 0 aliphatic heterocycles. The van der Waals surface area contributed by atoms with Crippen LogP contribution < -0.4 is 5.32 Å². The van der Waals surface area contributed by atoms with Crippen LogP contribution in [0.4, 0.5) is 13.2 Å². The SMILES string of the molecule is COCCn1nc(C)c(CNC(=O)COCC(F)(F)F)c1C. The lowest BCUT2D eigenvalue weighted by molar-refractivity contribution is -0.175. The van der Waals surface area contributed by atoms with Crippen LogP contribution in [0.5, 0.6) is 0 Å². The summed E-state index contributed by atoms with van der Waals surface area (Å²) in [5.74, 6) is -0.604. The molecule has 22 heavy (non-hydrogen) atoms. The Kier molecular flexibility index (Phi) is 6.82. The highest BCUT2D eigenvalue weighted by Crippen LogP contribution is 2.14. The zero-order chi connectivity index (χ0) is 16.8. The quantitative estimate of drug-likeness (QED) is 0.784. The molecule has 0 aromatic carbocycles. The summed E-state index contributed by atoms with van der Waals surface area (Å²) in [7, 11) is 1.59. The van der Waals surface area contributed by atoms with Gasteiger partial charge in [-0.25, -0.2) is 0 Å². The summed E-state index contributed by atoms with van der Waals surface area (Å²) in [6, 6.07) is 0. The van der Waals surface area contributed by atoms with Gasteiger partial charge in [0, 0.05) is 24.9 Å². The largest absolute Gasteiger partial charge is 0.411 e. The van der Waals surface area contributed by atoms with Gasteiger partial charge < -0.3 is 14.8 Å². The number of carbonyl (C=O) groups is 1. The van der Waals surface area contributed by atoms with Crippen LogP contribution in [0, 0.1) is 13.8 Å². The van der Waals surface area contributed by atoms with Gasteiger partial charge in [-0.2, -0.15) is 18.3 Å². The van der Waals surface area contributed by atoms with Crippen molar-refractivity contribution in [1.82, 2.24) is 15.1 Å². The van der Waals surface area contributed by atoms with Crippen molar-refractivity contribution in [1.29, 1.82) is 0 Å². The molecule has 0 aliphatic carbocycles. The number of ether oxygens (including phenoxy) is 2. The molecule has 0 atom stereocenters. The zero-order valence-corrected chi connectivity index (χ0v) is 12.8. The molecule has 1 aromatic rings. The Morgan fingerprint density at radius 1 is 1.36 bits per heavy atom. The highest BCUT2D eigenvalue weighted by Gasteiger charge is 2.27. The summed E-state index contributed by atoms with van der Waals surface area (Å²) in [6.07, 6.45) is -4.43. The van der Waals surface area contributed by atoms with Gasteiger partial charge in [-0.15, -0.1) is 0 Å². The third-order valence-corrected chi connectivity index (χ3v) is 3.00. The highest BCUT2D eigenvalue weighted by molar-refractivity contribution is 5.77. The zero-order valence-electron chi connectivity index (χ0n) is 12.8. The summed E-state index contributed by atoms with van der Waals surface area (Å²) in [5, 5.41) is 6.85. The van der Waals surface area contributed by atoms with Gasteiger partial charge in [0.2, 0.25) is 5.91 Å². The Balaban J connectivity index is 2.47. The smallest absolute Gasteiger partial charge is 0.383 e. The number of amides is 1. The van der Waals surface area contributed by atoms with Crippen molar-refractivity contribution in [2.75, 3.05) is 26.9 Å². The second-order valence-electron chi connectivity index (χ2n) is 4.75. The van der Waals surface area contributed by atoms with Gasteiger partial charge in [-0.1, -0.05) is 0 Å². The number of alkyl halides is 3. The fourth-order valence-corrected chi connectivity index (χ4v) is 1.88. The Morgan fingerprint density at radius 2 is 2.05 bits per heavy atom. The van der Waals surface area contributed by atoms with Crippen LogP contribution >= 0.6 is 0 Å².